The monoisotopic (exact) mass is 319 g/mol. The van der Waals surface area contributed by atoms with Crippen LogP contribution in [-0.2, 0) is 16.6 Å². The van der Waals surface area contributed by atoms with Crippen LogP contribution >= 0.6 is 0 Å². The first-order valence-corrected chi connectivity index (χ1v) is 8.10. The van der Waals surface area contributed by atoms with Gasteiger partial charge in [0.15, 0.2) is 0 Å². The second-order valence-electron chi connectivity index (χ2n) is 5.08. The second-order valence-corrected chi connectivity index (χ2v) is 7.12. The normalized spacial score (nSPS) is 11.6. The molecule has 0 saturated heterocycles. The molecular weight excluding hydrogens is 302 g/mol. The van der Waals surface area contributed by atoms with Crippen LogP contribution in [0.25, 0.3) is 0 Å². The summed E-state index contributed by atoms with van der Waals surface area (Å²) in [5.74, 6) is -1.01. The summed E-state index contributed by atoms with van der Waals surface area (Å²) >= 11 is 0. The molecule has 0 aliphatic carbocycles. The van der Waals surface area contributed by atoms with E-state index >= 15 is 0 Å². The first-order chi connectivity index (χ1) is 10.3. The van der Waals surface area contributed by atoms with Crippen molar-refractivity contribution in [2.75, 3.05) is 7.05 Å². The molecule has 0 amide bonds. The summed E-state index contributed by atoms with van der Waals surface area (Å²) in [4.78, 5) is 11.0. The Morgan fingerprint density at radius 1 is 1.05 bits per heavy atom. The highest BCUT2D eigenvalue weighted by Crippen LogP contribution is 2.17. The molecule has 0 aromatic heterocycles. The fourth-order valence-corrected chi connectivity index (χ4v) is 3.14. The van der Waals surface area contributed by atoms with Crippen molar-refractivity contribution in [1.29, 1.82) is 0 Å². The van der Waals surface area contributed by atoms with Crippen molar-refractivity contribution in [2.45, 2.75) is 18.4 Å². The van der Waals surface area contributed by atoms with Crippen molar-refractivity contribution in [2.24, 2.45) is 0 Å². The number of rotatable bonds is 5. The van der Waals surface area contributed by atoms with Crippen LogP contribution in [0.4, 0.5) is 0 Å². The molecule has 1 N–H and O–H groups in total. The van der Waals surface area contributed by atoms with Gasteiger partial charge in [0.2, 0.25) is 10.0 Å². The Kier molecular flexibility index (Phi) is 4.63. The molecule has 0 radical (unpaired) electrons. The van der Waals surface area contributed by atoms with E-state index in [9.17, 15) is 13.2 Å². The molecule has 0 bridgehead atoms. The molecule has 6 heteroatoms. The van der Waals surface area contributed by atoms with E-state index in [1.165, 1.54) is 23.5 Å². The lowest BCUT2D eigenvalue weighted by Crippen LogP contribution is -2.26. The predicted octanol–water partition coefficient (Wildman–Crippen LogP) is 2.51. The van der Waals surface area contributed by atoms with Gasteiger partial charge in [-0.25, -0.2) is 13.2 Å². The minimum atomic E-state index is -3.56. The molecule has 0 unspecified atom stereocenters. The Morgan fingerprint density at radius 2 is 1.59 bits per heavy atom. The Hall–Kier alpha value is -2.18. The lowest BCUT2D eigenvalue weighted by molar-refractivity contribution is 0.0697. The van der Waals surface area contributed by atoms with Gasteiger partial charge in [0.05, 0.1) is 10.5 Å². The lowest BCUT2D eigenvalue weighted by Gasteiger charge is -2.17. The van der Waals surface area contributed by atoms with Crippen LogP contribution < -0.4 is 0 Å². The molecule has 2 aromatic carbocycles. The van der Waals surface area contributed by atoms with Gasteiger partial charge < -0.3 is 5.11 Å². The number of aromatic carboxylic acids is 1. The standard InChI is InChI=1S/C16H17NO4S/c1-12-3-9-15(10-4-12)22(20,21)17(2)11-13-5-7-14(8-6-13)16(18)19/h3-10H,11H2,1-2H3,(H,18,19). The van der Waals surface area contributed by atoms with Gasteiger partial charge in [-0.05, 0) is 36.8 Å². The third kappa shape index (κ3) is 3.52. The SMILES string of the molecule is Cc1ccc(S(=O)(=O)N(C)Cc2ccc(C(=O)O)cc2)cc1. The van der Waals surface area contributed by atoms with Crippen molar-refractivity contribution in [1.82, 2.24) is 4.31 Å². The number of carbonyl (C=O) groups is 1. The number of carboxylic acid groups (broad SMARTS) is 1. The van der Waals surface area contributed by atoms with Gasteiger partial charge in [-0.2, -0.15) is 4.31 Å². The summed E-state index contributed by atoms with van der Waals surface area (Å²) < 4.78 is 26.2. The largest absolute Gasteiger partial charge is 0.478 e. The fourth-order valence-electron chi connectivity index (χ4n) is 1.99. The molecule has 0 spiro atoms. The van der Waals surface area contributed by atoms with Crippen molar-refractivity contribution in [3.8, 4) is 0 Å². The molecule has 22 heavy (non-hydrogen) atoms. The summed E-state index contributed by atoms with van der Waals surface area (Å²) in [5, 5.41) is 8.85. The maximum absolute atomic E-state index is 12.5. The fraction of sp³-hybridized carbons (Fsp3) is 0.188. The Balaban J connectivity index is 2.18. The van der Waals surface area contributed by atoms with Crippen molar-refractivity contribution >= 4 is 16.0 Å². The Morgan fingerprint density at radius 3 is 2.09 bits per heavy atom. The second kappa shape index (κ2) is 6.29. The molecule has 0 aliphatic heterocycles. The zero-order valence-electron chi connectivity index (χ0n) is 12.4. The van der Waals surface area contributed by atoms with Crippen molar-refractivity contribution < 1.29 is 18.3 Å². The van der Waals surface area contributed by atoms with Crippen LogP contribution in [-0.4, -0.2) is 30.8 Å². The molecule has 0 atom stereocenters. The summed E-state index contributed by atoms with van der Waals surface area (Å²) in [6.07, 6.45) is 0. The Bertz CT molecular complexity index is 765. The molecule has 0 saturated carbocycles. The maximum Gasteiger partial charge on any atom is 0.335 e. The number of sulfonamides is 1. The smallest absolute Gasteiger partial charge is 0.335 e. The molecule has 116 valence electrons. The number of carboxylic acids is 1. The molecule has 2 rings (SSSR count). The quantitative estimate of drug-likeness (QED) is 0.919. The summed E-state index contributed by atoms with van der Waals surface area (Å²) in [5.41, 5.74) is 1.89. The van der Waals surface area contributed by atoms with Gasteiger partial charge in [-0.3, -0.25) is 0 Å². The van der Waals surface area contributed by atoms with E-state index in [1.807, 2.05) is 6.92 Å². The van der Waals surface area contributed by atoms with E-state index in [4.69, 9.17) is 5.11 Å². The Labute approximate surface area is 129 Å². The van der Waals surface area contributed by atoms with E-state index in [1.54, 1.807) is 36.4 Å². The van der Waals surface area contributed by atoms with Gasteiger partial charge in [-0.15, -0.1) is 0 Å². The zero-order valence-corrected chi connectivity index (χ0v) is 13.2. The first kappa shape index (κ1) is 16.2. The molecule has 0 fully saturated rings. The highest BCUT2D eigenvalue weighted by molar-refractivity contribution is 7.89. The average Bonchev–Trinajstić information content (AvgIpc) is 2.48. The lowest BCUT2D eigenvalue weighted by atomic mass is 10.1. The average molecular weight is 319 g/mol. The number of hydrogen-bond acceptors (Lipinski definition) is 3. The van der Waals surface area contributed by atoms with Crippen LogP contribution in [0.3, 0.4) is 0 Å². The third-order valence-electron chi connectivity index (χ3n) is 3.34. The number of benzene rings is 2. The third-order valence-corrected chi connectivity index (χ3v) is 5.15. The first-order valence-electron chi connectivity index (χ1n) is 6.66. The van der Waals surface area contributed by atoms with Gasteiger partial charge in [0, 0.05) is 13.6 Å². The van der Waals surface area contributed by atoms with E-state index < -0.39 is 16.0 Å². The maximum atomic E-state index is 12.5. The predicted molar refractivity (Wildman–Crippen MR) is 83.2 cm³/mol. The minimum Gasteiger partial charge on any atom is -0.478 e. The van der Waals surface area contributed by atoms with Gasteiger partial charge in [0.1, 0.15) is 0 Å². The topological polar surface area (TPSA) is 74.7 Å². The number of hydrogen-bond donors (Lipinski definition) is 1. The number of aryl methyl sites for hydroxylation is 1. The number of nitrogens with zero attached hydrogens (tertiary/aromatic N) is 1. The molecule has 0 heterocycles. The van der Waals surface area contributed by atoms with E-state index in [2.05, 4.69) is 0 Å². The van der Waals surface area contributed by atoms with Crippen molar-refractivity contribution in [3.05, 3.63) is 65.2 Å². The van der Waals surface area contributed by atoms with Crippen LogP contribution in [0, 0.1) is 6.92 Å². The molecule has 0 aliphatic rings. The highest BCUT2D eigenvalue weighted by Gasteiger charge is 2.20. The van der Waals surface area contributed by atoms with Crippen LogP contribution in [0.5, 0.6) is 0 Å². The van der Waals surface area contributed by atoms with E-state index in [-0.39, 0.29) is 17.0 Å². The summed E-state index contributed by atoms with van der Waals surface area (Å²) in [6, 6.07) is 12.8. The summed E-state index contributed by atoms with van der Waals surface area (Å²) in [6.45, 7) is 2.07. The van der Waals surface area contributed by atoms with Gasteiger partial charge >= 0.3 is 5.97 Å². The van der Waals surface area contributed by atoms with Crippen molar-refractivity contribution in [3.63, 3.8) is 0 Å². The minimum absolute atomic E-state index is 0.174. The van der Waals surface area contributed by atoms with Crippen LogP contribution in [0.15, 0.2) is 53.4 Å². The van der Waals surface area contributed by atoms with Gasteiger partial charge in [-0.1, -0.05) is 29.8 Å². The molecule has 5 nitrogen and oxygen atoms in total. The molecular formula is C16H17NO4S. The molecule has 2 aromatic rings. The van der Waals surface area contributed by atoms with Crippen LogP contribution in [0.1, 0.15) is 21.5 Å². The van der Waals surface area contributed by atoms with E-state index in [0.717, 1.165) is 11.1 Å². The highest BCUT2D eigenvalue weighted by atomic mass is 32.2. The van der Waals surface area contributed by atoms with Gasteiger partial charge in [0.25, 0.3) is 0 Å². The van der Waals surface area contributed by atoms with E-state index in [0.29, 0.717) is 0 Å². The summed E-state index contributed by atoms with van der Waals surface area (Å²) in [7, 11) is -2.06. The zero-order chi connectivity index (χ0) is 16.3. The van der Waals surface area contributed by atoms with Crippen LogP contribution in [0.2, 0.25) is 0 Å².